The lowest BCUT2D eigenvalue weighted by Crippen LogP contribution is -2.46. The molecule has 2 amide bonds. The molecular weight excluding hydrogens is 458 g/mol. The zero-order valence-corrected chi connectivity index (χ0v) is 19.7. The second-order valence-corrected chi connectivity index (χ2v) is 10.2. The third kappa shape index (κ3) is 6.67. The van der Waals surface area contributed by atoms with Crippen molar-refractivity contribution in [3.8, 4) is 0 Å². The molecule has 0 fully saturated rings. The minimum atomic E-state index is -4.25. The van der Waals surface area contributed by atoms with Crippen molar-refractivity contribution in [1.29, 1.82) is 0 Å². The van der Waals surface area contributed by atoms with Gasteiger partial charge in [0.25, 0.3) is 5.91 Å². The van der Waals surface area contributed by atoms with Crippen molar-refractivity contribution in [3.05, 3.63) is 59.1 Å². The summed E-state index contributed by atoms with van der Waals surface area (Å²) in [5, 5.41) is 11.8. The SMILES string of the molecule is CC(C(=O)NO)N(Cc1ccccc1Cl)S(=O)(=O)c1cccc(NC(=O)OC(C)(C)C)c1. The van der Waals surface area contributed by atoms with Crippen molar-refractivity contribution in [2.45, 2.75) is 50.8 Å². The average molecular weight is 484 g/mol. The largest absolute Gasteiger partial charge is 0.444 e. The van der Waals surface area contributed by atoms with Crippen LogP contribution in [0.15, 0.2) is 53.4 Å². The lowest BCUT2D eigenvalue weighted by Gasteiger charge is -2.27. The lowest BCUT2D eigenvalue weighted by molar-refractivity contribution is -0.132. The Morgan fingerprint density at radius 1 is 1.16 bits per heavy atom. The van der Waals surface area contributed by atoms with E-state index >= 15 is 0 Å². The Hall–Kier alpha value is -2.66. The smallest absolute Gasteiger partial charge is 0.412 e. The summed E-state index contributed by atoms with van der Waals surface area (Å²) in [4.78, 5) is 24.0. The summed E-state index contributed by atoms with van der Waals surface area (Å²) in [5.41, 5.74) is 1.41. The van der Waals surface area contributed by atoms with E-state index in [2.05, 4.69) is 5.32 Å². The molecule has 0 aliphatic heterocycles. The van der Waals surface area contributed by atoms with E-state index < -0.39 is 33.7 Å². The van der Waals surface area contributed by atoms with Crippen LogP contribution in [-0.4, -0.2) is 41.6 Å². The number of nitrogens with one attached hydrogen (secondary N) is 2. The van der Waals surface area contributed by atoms with Gasteiger partial charge in [0, 0.05) is 17.3 Å². The number of halogens is 1. The molecule has 3 N–H and O–H groups in total. The van der Waals surface area contributed by atoms with Crippen molar-refractivity contribution in [2.24, 2.45) is 0 Å². The number of amides is 2. The Kier molecular flexibility index (Phi) is 8.24. The highest BCUT2D eigenvalue weighted by Gasteiger charge is 2.34. The van der Waals surface area contributed by atoms with E-state index in [4.69, 9.17) is 21.5 Å². The second-order valence-electron chi connectivity index (χ2n) is 7.95. The molecule has 9 nitrogen and oxygen atoms in total. The lowest BCUT2D eigenvalue weighted by atomic mass is 10.2. The molecule has 0 radical (unpaired) electrons. The summed E-state index contributed by atoms with van der Waals surface area (Å²) < 4.78 is 33.0. The van der Waals surface area contributed by atoms with Crippen LogP contribution >= 0.6 is 11.6 Å². The van der Waals surface area contributed by atoms with Crippen LogP contribution in [0, 0.1) is 0 Å². The number of benzene rings is 2. The van der Waals surface area contributed by atoms with Gasteiger partial charge in [-0.3, -0.25) is 15.3 Å². The first-order valence-electron chi connectivity index (χ1n) is 9.64. The Morgan fingerprint density at radius 2 is 1.81 bits per heavy atom. The fourth-order valence-electron chi connectivity index (χ4n) is 2.74. The number of hydroxylamine groups is 1. The van der Waals surface area contributed by atoms with Gasteiger partial charge in [-0.2, -0.15) is 4.31 Å². The van der Waals surface area contributed by atoms with E-state index in [-0.39, 0.29) is 17.1 Å². The summed E-state index contributed by atoms with van der Waals surface area (Å²) in [6.07, 6.45) is -0.743. The Bertz CT molecular complexity index is 1080. The van der Waals surface area contributed by atoms with Crippen molar-refractivity contribution < 1.29 is 28.0 Å². The predicted octanol–water partition coefficient (Wildman–Crippen LogP) is 3.77. The molecule has 0 spiro atoms. The van der Waals surface area contributed by atoms with E-state index in [1.807, 2.05) is 0 Å². The van der Waals surface area contributed by atoms with Crippen LogP contribution in [0.25, 0.3) is 0 Å². The molecule has 0 aliphatic rings. The molecule has 174 valence electrons. The Morgan fingerprint density at radius 3 is 2.41 bits per heavy atom. The fourth-order valence-corrected chi connectivity index (χ4v) is 4.55. The summed E-state index contributed by atoms with van der Waals surface area (Å²) >= 11 is 6.18. The first-order chi connectivity index (χ1) is 14.8. The first-order valence-corrected chi connectivity index (χ1v) is 11.5. The number of carbonyl (C=O) groups is 2. The molecule has 32 heavy (non-hydrogen) atoms. The average Bonchev–Trinajstić information content (AvgIpc) is 2.70. The van der Waals surface area contributed by atoms with E-state index in [0.717, 1.165) is 4.31 Å². The molecule has 1 atom stereocenters. The normalized spacial score (nSPS) is 12.8. The predicted molar refractivity (Wildman–Crippen MR) is 120 cm³/mol. The van der Waals surface area contributed by atoms with E-state index in [1.54, 1.807) is 45.0 Å². The number of nitrogens with zero attached hydrogens (tertiary/aromatic N) is 1. The van der Waals surface area contributed by atoms with E-state index in [1.165, 1.54) is 36.7 Å². The molecule has 0 saturated heterocycles. The van der Waals surface area contributed by atoms with Gasteiger partial charge in [-0.1, -0.05) is 35.9 Å². The molecule has 2 rings (SSSR count). The van der Waals surface area contributed by atoms with Gasteiger partial charge in [-0.25, -0.2) is 18.7 Å². The number of hydrogen-bond donors (Lipinski definition) is 3. The van der Waals surface area contributed by atoms with Crippen molar-refractivity contribution in [3.63, 3.8) is 0 Å². The third-order valence-corrected chi connectivity index (χ3v) is 6.57. The quantitative estimate of drug-likeness (QED) is 0.406. The summed E-state index contributed by atoms with van der Waals surface area (Å²) in [6.45, 7) is 6.22. The Labute approximate surface area is 192 Å². The maximum absolute atomic E-state index is 13.5. The van der Waals surface area contributed by atoms with Crippen molar-refractivity contribution in [1.82, 2.24) is 9.79 Å². The molecule has 0 heterocycles. The molecule has 2 aromatic rings. The minimum Gasteiger partial charge on any atom is -0.444 e. The van der Waals surface area contributed by atoms with E-state index in [0.29, 0.717) is 10.6 Å². The minimum absolute atomic E-state index is 0.171. The number of hydrogen-bond acceptors (Lipinski definition) is 6. The molecule has 0 aliphatic carbocycles. The molecular formula is C21H26ClN3O6S. The van der Waals surface area contributed by atoms with Crippen LogP contribution in [0.1, 0.15) is 33.3 Å². The summed E-state index contributed by atoms with van der Waals surface area (Å²) in [5.74, 6) is -0.913. The molecule has 0 aromatic heterocycles. The van der Waals surface area contributed by atoms with Crippen LogP contribution in [0.4, 0.5) is 10.5 Å². The monoisotopic (exact) mass is 483 g/mol. The summed E-state index contributed by atoms with van der Waals surface area (Å²) in [7, 11) is -4.25. The Balaban J connectivity index is 2.42. The van der Waals surface area contributed by atoms with Crippen molar-refractivity contribution in [2.75, 3.05) is 5.32 Å². The van der Waals surface area contributed by atoms with Crippen LogP contribution in [-0.2, 0) is 26.1 Å². The number of sulfonamides is 1. The number of anilines is 1. The molecule has 2 aromatic carbocycles. The fraction of sp³-hybridized carbons (Fsp3) is 0.333. The number of rotatable bonds is 7. The second kappa shape index (κ2) is 10.3. The molecule has 0 saturated carbocycles. The van der Waals surface area contributed by atoms with Gasteiger partial charge in [-0.05, 0) is 57.5 Å². The molecule has 0 bridgehead atoms. The van der Waals surface area contributed by atoms with Gasteiger partial charge >= 0.3 is 6.09 Å². The van der Waals surface area contributed by atoms with Gasteiger partial charge in [0.05, 0.1) is 4.90 Å². The molecule has 1 unspecified atom stereocenters. The standard InChI is InChI=1S/C21H26ClN3O6S/c1-14(19(26)24-28)25(13-15-8-5-6-11-18(15)22)32(29,30)17-10-7-9-16(12-17)23-20(27)31-21(2,3)4/h5-12,14,28H,13H2,1-4H3,(H,23,27)(H,24,26). The van der Waals surface area contributed by atoms with Gasteiger partial charge < -0.3 is 4.74 Å². The third-order valence-electron chi connectivity index (χ3n) is 4.29. The van der Waals surface area contributed by atoms with Gasteiger partial charge in [-0.15, -0.1) is 0 Å². The van der Waals surface area contributed by atoms with Crippen LogP contribution < -0.4 is 10.8 Å². The van der Waals surface area contributed by atoms with Gasteiger partial charge in [0.15, 0.2) is 0 Å². The van der Waals surface area contributed by atoms with Gasteiger partial charge in [0.1, 0.15) is 11.6 Å². The zero-order valence-electron chi connectivity index (χ0n) is 18.1. The maximum Gasteiger partial charge on any atom is 0.412 e. The highest BCUT2D eigenvalue weighted by atomic mass is 35.5. The molecule has 11 heteroatoms. The van der Waals surface area contributed by atoms with Crippen LogP contribution in [0.2, 0.25) is 5.02 Å². The maximum atomic E-state index is 13.5. The number of carbonyl (C=O) groups excluding carboxylic acids is 2. The van der Waals surface area contributed by atoms with E-state index in [9.17, 15) is 18.0 Å². The zero-order chi connectivity index (χ0) is 24.1. The van der Waals surface area contributed by atoms with Crippen LogP contribution in [0.3, 0.4) is 0 Å². The topological polar surface area (TPSA) is 125 Å². The highest BCUT2D eigenvalue weighted by Crippen LogP contribution is 2.26. The summed E-state index contributed by atoms with van der Waals surface area (Å²) in [6, 6.07) is 10.9. The number of ether oxygens (including phenoxy) is 1. The first kappa shape index (κ1) is 25.6. The van der Waals surface area contributed by atoms with Crippen LogP contribution in [0.5, 0.6) is 0 Å². The highest BCUT2D eigenvalue weighted by molar-refractivity contribution is 7.89. The van der Waals surface area contributed by atoms with Crippen molar-refractivity contribution >= 4 is 39.3 Å². The van der Waals surface area contributed by atoms with Gasteiger partial charge in [0.2, 0.25) is 10.0 Å².